The third-order valence-corrected chi connectivity index (χ3v) is 2.93. The molecule has 0 N–H and O–H groups in total. The first-order valence-electron chi connectivity index (χ1n) is 5.77. The van der Waals surface area contributed by atoms with Crippen LogP contribution in [0.1, 0.15) is 26.6 Å². The van der Waals surface area contributed by atoms with Crippen LogP contribution in [-0.2, 0) is 5.41 Å². The molecule has 19 heavy (non-hydrogen) atoms. The Hall–Kier alpha value is -1.36. The van der Waals surface area contributed by atoms with Crippen LogP contribution in [0.2, 0.25) is 0 Å². The maximum atomic E-state index is 13.3. The van der Waals surface area contributed by atoms with E-state index in [9.17, 15) is 8.78 Å². The zero-order chi connectivity index (χ0) is 14.2. The smallest absolute Gasteiger partial charge is 0.135 e. The summed E-state index contributed by atoms with van der Waals surface area (Å²) in [4.78, 5) is 8.68. The van der Waals surface area contributed by atoms with Crippen molar-refractivity contribution in [3.05, 3.63) is 46.3 Å². The topological polar surface area (TPSA) is 25.8 Å². The van der Waals surface area contributed by atoms with E-state index in [1.807, 2.05) is 20.8 Å². The average molecular weight is 327 g/mol. The van der Waals surface area contributed by atoms with Gasteiger partial charge < -0.3 is 0 Å². The lowest BCUT2D eigenvalue weighted by Gasteiger charge is -2.17. The molecule has 0 spiro atoms. The zero-order valence-electron chi connectivity index (χ0n) is 10.8. The van der Waals surface area contributed by atoms with Crippen LogP contribution in [-0.4, -0.2) is 9.97 Å². The lowest BCUT2D eigenvalue weighted by Crippen LogP contribution is -2.16. The fourth-order valence-corrected chi connectivity index (χ4v) is 1.99. The fraction of sp³-hybridized carbons (Fsp3) is 0.286. The Labute approximate surface area is 119 Å². The van der Waals surface area contributed by atoms with E-state index in [4.69, 9.17) is 0 Å². The standard InChI is InChI=1S/C14H13BrF2N2/c1-14(2,3)13-18-11(7-12(15)19-13)8-4-9(16)6-10(17)5-8/h4-7H,1-3H3. The van der Waals surface area contributed by atoms with Gasteiger partial charge in [0, 0.05) is 17.0 Å². The molecule has 1 aromatic carbocycles. The summed E-state index contributed by atoms with van der Waals surface area (Å²) < 4.78 is 27.1. The number of aromatic nitrogens is 2. The fourth-order valence-electron chi connectivity index (χ4n) is 1.60. The highest BCUT2D eigenvalue weighted by molar-refractivity contribution is 9.10. The SMILES string of the molecule is CC(C)(C)c1nc(Br)cc(-c2cc(F)cc(F)c2)n1. The predicted molar refractivity (Wildman–Crippen MR) is 73.8 cm³/mol. The minimum atomic E-state index is -0.623. The maximum Gasteiger partial charge on any atom is 0.135 e. The lowest BCUT2D eigenvalue weighted by atomic mass is 9.95. The van der Waals surface area contributed by atoms with Crippen molar-refractivity contribution < 1.29 is 8.78 Å². The highest BCUT2D eigenvalue weighted by Gasteiger charge is 2.19. The molecule has 0 unspecified atom stereocenters. The third-order valence-electron chi connectivity index (χ3n) is 2.52. The molecule has 0 radical (unpaired) electrons. The van der Waals surface area contributed by atoms with Crippen LogP contribution < -0.4 is 0 Å². The van der Waals surface area contributed by atoms with Crippen molar-refractivity contribution in [1.82, 2.24) is 9.97 Å². The number of rotatable bonds is 1. The maximum absolute atomic E-state index is 13.3. The van der Waals surface area contributed by atoms with Gasteiger partial charge in [0.15, 0.2) is 0 Å². The van der Waals surface area contributed by atoms with Gasteiger partial charge in [0.1, 0.15) is 22.1 Å². The van der Waals surface area contributed by atoms with Gasteiger partial charge in [0.25, 0.3) is 0 Å². The van der Waals surface area contributed by atoms with Gasteiger partial charge in [-0.1, -0.05) is 20.8 Å². The highest BCUT2D eigenvalue weighted by Crippen LogP contribution is 2.26. The van der Waals surface area contributed by atoms with Crippen LogP contribution in [0.25, 0.3) is 11.3 Å². The van der Waals surface area contributed by atoms with Gasteiger partial charge in [0.05, 0.1) is 5.69 Å². The Kier molecular flexibility index (Phi) is 3.67. The normalized spacial score (nSPS) is 11.7. The zero-order valence-corrected chi connectivity index (χ0v) is 12.4. The van der Waals surface area contributed by atoms with Crippen LogP contribution in [0.5, 0.6) is 0 Å². The van der Waals surface area contributed by atoms with Crippen molar-refractivity contribution in [1.29, 1.82) is 0 Å². The molecule has 2 aromatic rings. The molecule has 2 rings (SSSR count). The van der Waals surface area contributed by atoms with Gasteiger partial charge in [0.2, 0.25) is 0 Å². The van der Waals surface area contributed by atoms with Gasteiger partial charge in [-0.2, -0.15) is 0 Å². The molecular weight excluding hydrogens is 314 g/mol. The van der Waals surface area contributed by atoms with Crippen LogP contribution in [0, 0.1) is 11.6 Å². The van der Waals surface area contributed by atoms with Gasteiger partial charge in [-0.3, -0.25) is 0 Å². The average Bonchev–Trinajstić information content (AvgIpc) is 2.25. The van der Waals surface area contributed by atoms with Crippen LogP contribution >= 0.6 is 15.9 Å². The number of hydrogen-bond acceptors (Lipinski definition) is 2. The van der Waals surface area contributed by atoms with Crippen molar-refractivity contribution in [2.45, 2.75) is 26.2 Å². The molecule has 100 valence electrons. The van der Waals surface area contributed by atoms with Crippen LogP contribution in [0.4, 0.5) is 8.78 Å². The molecule has 0 aliphatic carbocycles. The Balaban J connectivity index is 2.59. The minimum absolute atomic E-state index is 0.246. The minimum Gasteiger partial charge on any atom is -0.232 e. The summed E-state index contributed by atoms with van der Waals surface area (Å²) in [5.74, 6) is -0.634. The quantitative estimate of drug-likeness (QED) is 0.722. The van der Waals surface area contributed by atoms with E-state index in [-0.39, 0.29) is 5.41 Å². The molecule has 0 amide bonds. The Morgan fingerprint density at radius 3 is 2.05 bits per heavy atom. The van der Waals surface area contributed by atoms with E-state index in [1.54, 1.807) is 6.07 Å². The highest BCUT2D eigenvalue weighted by atomic mass is 79.9. The number of benzene rings is 1. The molecule has 2 nitrogen and oxygen atoms in total. The summed E-state index contributed by atoms with van der Waals surface area (Å²) in [6.07, 6.45) is 0. The van der Waals surface area contributed by atoms with E-state index in [2.05, 4.69) is 25.9 Å². The third kappa shape index (κ3) is 3.35. The van der Waals surface area contributed by atoms with E-state index in [1.165, 1.54) is 12.1 Å². The second-order valence-corrected chi connectivity index (χ2v) is 6.12. The van der Waals surface area contributed by atoms with Crippen molar-refractivity contribution in [2.75, 3.05) is 0 Å². The lowest BCUT2D eigenvalue weighted by molar-refractivity contribution is 0.544. The molecule has 5 heteroatoms. The van der Waals surface area contributed by atoms with E-state index in [0.29, 0.717) is 21.7 Å². The molecule has 0 fully saturated rings. The summed E-state index contributed by atoms with van der Waals surface area (Å²) in [6.45, 7) is 5.93. The molecule has 0 aliphatic rings. The molecular formula is C14H13BrF2N2. The van der Waals surface area contributed by atoms with E-state index >= 15 is 0 Å². The van der Waals surface area contributed by atoms with E-state index < -0.39 is 11.6 Å². The van der Waals surface area contributed by atoms with Gasteiger partial charge in [-0.25, -0.2) is 18.7 Å². The number of hydrogen-bond donors (Lipinski definition) is 0. The van der Waals surface area contributed by atoms with Gasteiger partial charge >= 0.3 is 0 Å². The largest absolute Gasteiger partial charge is 0.232 e. The Bertz CT molecular complexity index is 601. The van der Waals surface area contributed by atoms with Crippen molar-refractivity contribution in [3.8, 4) is 11.3 Å². The Morgan fingerprint density at radius 2 is 1.53 bits per heavy atom. The monoisotopic (exact) mass is 326 g/mol. The molecule has 1 aromatic heterocycles. The summed E-state index contributed by atoms with van der Waals surface area (Å²) in [5.41, 5.74) is 0.640. The van der Waals surface area contributed by atoms with E-state index in [0.717, 1.165) is 6.07 Å². The first-order chi connectivity index (χ1) is 8.75. The first-order valence-corrected chi connectivity index (χ1v) is 6.56. The second kappa shape index (κ2) is 4.96. The summed E-state index contributed by atoms with van der Waals surface area (Å²) in [7, 11) is 0. The predicted octanol–water partition coefficient (Wildman–Crippen LogP) is 4.48. The Morgan fingerprint density at radius 1 is 0.947 bits per heavy atom. The van der Waals surface area contributed by atoms with Crippen molar-refractivity contribution in [2.24, 2.45) is 0 Å². The molecule has 0 saturated heterocycles. The second-order valence-electron chi connectivity index (χ2n) is 5.31. The molecule has 0 aliphatic heterocycles. The van der Waals surface area contributed by atoms with Crippen LogP contribution in [0.3, 0.4) is 0 Å². The summed E-state index contributed by atoms with van der Waals surface area (Å²) >= 11 is 3.30. The van der Waals surface area contributed by atoms with Gasteiger partial charge in [-0.15, -0.1) is 0 Å². The van der Waals surface area contributed by atoms with Crippen molar-refractivity contribution >= 4 is 15.9 Å². The van der Waals surface area contributed by atoms with Gasteiger partial charge in [-0.05, 0) is 34.1 Å². The molecule has 0 atom stereocenters. The first kappa shape index (κ1) is 14.1. The molecule has 0 saturated carbocycles. The number of halogens is 3. The van der Waals surface area contributed by atoms with Crippen molar-refractivity contribution in [3.63, 3.8) is 0 Å². The number of nitrogens with zero attached hydrogens (tertiary/aromatic N) is 2. The summed E-state index contributed by atoms with van der Waals surface area (Å²) in [6, 6.07) is 4.99. The molecule has 0 bridgehead atoms. The summed E-state index contributed by atoms with van der Waals surface area (Å²) in [5, 5.41) is 0. The van der Waals surface area contributed by atoms with Crippen LogP contribution in [0.15, 0.2) is 28.9 Å². The molecule has 1 heterocycles.